The van der Waals surface area contributed by atoms with Gasteiger partial charge < -0.3 is 4.42 Å². The van der Waals surface area contributed by atoms with Gasteiger partial charge in [-0.2, -0.15) is 0 Å². The predicted molar refractivity (Wildman–Crippen MR) is 198 cm³/mol. The Kier molecular flexibility index (Phi) is 7.06. The summed E-state index contributed by atoms with van der Waals surface area (Å²) < 4.78 is 7.00. The molecule has 230 valence electrons. The summed E-state index contributed by atoms with van der Waals surface area (Å²) in [4.78, 5) is 19.9. The molecule has 6 aromatic carbocycles. The van der Waals surface area contributed by atoms with Gasteiger partial charge in [-0.15, -0.1) is 0 Å². The van der Waals surface area contributed by atoms with E-state index in [1.54, 1.807) is 0 Å². The molecule has 49 heavy (non-hydrogen) atoms. The minimum atomic E-state index is 0.569. The van der Waals surface area contributed by atoms with E-state index in [1.807, 2.05) is 97.2 Å². The van der Waals surface area contributed by atoms with Gasteiger partial charge in [-0.3, -0.25) is 4.98 Å². The highest BCUT2D eigenvalue weighted by Crippen LogP contribution is 2.45. The van der Waals surface area contributed by atoms with Crippen LogP contribution in [0.1, 0.15) is 0 Å². The van der Waals surface area contributed by atoms with E-state index in [9.17, 15) is 0 Å². The van der Waals surface area contributed by atoms with Gasteiger partial charge in [-0.05, 0) is 53.1 Å². The highest BCUT2D eigenvalue weighted by molar-refractivity contribution is 6.19. The third kappa shape index (κ3) is 5.24. The lowest BCUT2D eigenvalue weighted by molar-refractivity contribution is 0.671. The molecule has 0 N–H and O–H groups in total. The van der Waals surface area contributed by atoms with E-state index in [0.717, 1.165) is 72.1 Å². The summed E-state index contributed by atoms with van der Waals surface area (Å²) in [5, 5.41) is 1.91. The zero-order chi connectivity index (χ0) is 32.6. The average Bonchev–Trinajstić information content (AvgIpc) is 3.58. The molecule has 3 heterocycles. The number of nitrogens with zero attached hydrogens (tertiary/aromatic N) is 4. The molecule has 0 amide bonds. The standard InChI is InChI=1S/C44H28N4O/c1-5-15-29(16-6-1)33-27-36(30-17-7-2-8-18-30)40-37(28-33)39-35(25-24-34(41(39)49-40)38-23-13-14-26-45-38)44-47-42(31-19-9-3-10-20-31)46-43(48-44)32-21-11-4-12-22-32/h1-28H. The van der Waals surface area contributed by atoms with Gasteiger partial charge in [0, 0.05) is 44.8 Å². The molecule has 5 heteroatoms. The van der Waals surface area contributed by atoms with Gasteiger partial charge in [0.1, 0.15) is 11.2 Å². The molecule has 0 bridgehead atoms. The van der Waals surface area contributed by atoms with Crippen molar-refractivity contribution in [3.8, 4) is 67.7 Å². The fourth-order valence-corrected chi connectivity index (χ4v) is 6.45. The van der Waals surface area contributed by atoms with Gasteiger partial charge in [-0.1, -0.05) is 127 Å². The van der Waals surface area contributed by atoms with Crippen LogP contribution in [0.5, 0.6) is 0 Å². The van der Waals surface area contributed by atoms with Crippen molar-refractivity contribution in [2.24, 2.45) is 0 Å². The summed E-state index contributed by atoms with van der Waals surface area (Å²) in [6.07, 6.45) is 1.81. The van der Waals surface area contributed by atoms with E-state index in [-0.39, 0.29) is 0 Å². The molecule has 3 aromatic heterocycles. The highest BCUT2D eigenvalue weighted by atomic mass is 16.3. The Morgan fingerprint density at radius 3 is 1.49 bits per heavy atom. The summed E-state index contributed by atoms with van der Waals surface area (Å²) in [5.41, 5.74) is 10.2. The summed E-state index contributed by atoms with van der Waals surface area (Å²) in [5.74, 6) is 1.78. The maximum Gasteiger partial charge on any atom is 0.164 e. The van der Waals surface area contributed by atoms with Crippen molar-refractivity contribution in [1.29, 1.82) is 0 Å². The topological polar surface area (TPSA) is 64.7 Å². The Hall–Kier alpha value is -6.72. The van der Waals surface area contributed by atoms with E-state index >= 15 is 0 Å². The highest BCUT2D eigenvalue weighted by Gasteiger charge is 2.23. The molecule has 0 aliphatic rings. The number of hydrogen-bond acceptors (Lipinski definition) is 5. The summed E-state index contributed by atoms with van der Waals surface area (Å²) >= 11 is 0. The molecule has 0 fully saturated rings. The lowest BCUT2D eigenvalue weighted by Gasteiger charge is -2.11. The molecule has 9 aromatic rings. The zero-order valence-corrected chi connectivity index (χ0v) is 26.4. The van der Waals surface area contributed by atoms with Crippen molar-refractivity contribution in [3.63, 3.8) is 0 Å². The Bertz CT molecular complexity index is 2510. The third-order valence-corrected chi connectivity index (χ3v) is 8.79. The lowest BCUT2D eigenvalue weighted by Crippen LogP contribution is -2.00. The second-order valence-electron chi connectivity index (χ2n) is 11.9. The first-order valence-electron chi connectivity index (χ1n) is 16.2. The van der Waals surface area contributed by atoms with E-state index < -0.39 is 0 Å². The van der Waals surface area contributed by atoms with Crippen LogP contribution in [-0.2, 0) is 0 Å². The average molecular weight is 629 g/mol. The number of furan rings is 1. The van der Waals surface area contributed by atoms with Crippen molar-refractivity contribution in [3.05, 3.63) is 170 Å². The van der Waals surface area contributed by atoms with Crippen molar-refractivity contribution in [1.82, 2.24) is 19.9 Å². The minimum Gasteiger partial charge on any atom is -0.455 e. The molecule has 5 nitrogen and oxygen atoms in total. The number of rotatable bonds is 6. The Morgan fingerprint density at radius 2 is 0.898 bits per heavy atom. The predicted octanol–water partition coefficient (Wildman–Crippen LogP) is 11.2. The molecule has 0 spiro atoms. The van der Waals surface area contributed by atoms with Crippen LogP contribution in [0, 0.1) is 0 Å². The van der Waals surface area contributed by atoms with Crippen molar-refractivity contribution < 1.29 is 4.42 Å². The van der Waals surface area contributed by atoms with Gasteiger partial charge in [0.2, 0.25) is 0 Å². The Labute approximate surface area is 283 Å². The number of aromatic nitrogens is 4. The van der Waals surface area contributed by atoms with Crippen LogP contribution in [0.2, 0.25) is 0 Å². The quantitative estimate of drug-likeness (QED) is 0.183. The van der Waals surface area contributed by atoms with Crippen molar-refractivity contribution in [2.75, 3.05) is 0 Å². The molecule has 9 rings (SSSR count). The van der Waals surface area contributed by atoms with Gasteiger partial charge in [-0.25, -0.2) is 15.0 Å². The van der Waals surface area contributed by atoms with Crippen LogP contribution in [0.3, 0.4) is 0 Å². The minimum absolute atomic E-state index is 0.569. The Balaban J connectivity index is 1.40. The second kappa shape index (κ2) is 12.1. The molecule has 0 radical (unpaired) electrons. The summed E-state index contributed by atoms with van der Waals surface area (Å²) in [6, 6.07) is 55.5. The Morgan fingerprint density at radius 1 is 0.367 bits per heavy atom. The van der Waals surface area contributed by atoms with Crippen LogP contribution in [0.4, 0.5) is 0 Å². The van der Waals surface area contributed by atoms with Crippen LogP contribution >= 0.6 is 0 Å². The summed E-state index contributed by atoms with van der Waals surface area (Å²) in [7, 11) is 0. The van der Waals surface area contributed by atoms with Crippen LogP contribution in [0.25, 0.3) is 89.6 Å². The first kappa shape index (κ1) is 28.5. The first-order valence-corrected chi connectivity index (χ1v) is 16.2. The first-order chi connectivity index (χ1) is 24.3. The van der Waals surface area contributed by atoms with Gasteiger partial charge >= 0.3 is 0 Å². The maximum atomic E-state index is 7.00. The van der Waals surface area contributed by atoms with E-state index in [4.69, 9.17) is 24.4 Å². The number of fused-ring (bicyclic) bond motifs is 3. The smallest absolute Gasteiger partial charge is 0.164 e. The number of pyridine rings is 1. The molecule has 0 aliphatic carbocycles. The van der Waals surface area contributed by atoms with Crippen LogP contribution < -0.4 is 0 Å². The fraction of sp³-hybridized carbons (Fsp3) is 0. The third-order valence-electron chi connectivity index (χ3n) is 8.79. The molecule has 0 aliphatic heterocycles. The molecular formula is C44H28N4O. The molecule has 0 unspecified atom stereocenters. The second-order valence-corrected chi connectivity index (χ2v) is 11.9. The van der Waals surface area contributed by atoms with Crippen molar-refractivity contribution in [2.45, 2.75) is 0 Å². The SMILES string of the molecule is c1ccc(-c2cc(-c3ccccc3)c3oc4c(-c5ccccn5)ccc(-c5nc(-c6ccccc6)nc(-c6ccccc6)n5)c4c3c2)cc1. The zero-order valence-electron chi connectivity index (χ0n) is 26.4. The molecule has 0 saturated heterocycles. The normalized spacial score (nSPS) is 11.3. The fourth-order valence-electron chi connectivity index (χ4n) is 6.45. The molecular weight excluding hydrogens is 601 g/mol. The lowest BCUT2D eigenvalue weighted by atomic mass is 9.94. The van der Waals surface area contributed by atoms with Crippen molar-refractivity contribution >= 4 is 21.9 Å². The van der Waals surface area contributed by atoms with Gasteiger partial charge in [0.05, 0.1) is 5.69 Å². The molecule has 0 atom stereocenters. The summed E-state index contributed by atoms with van der Waals surface area (Å²) in [6.45, 7) is 0. The largest absolute Gasteiger partial charge is 0.455 e. The van der Waals surface area contributed by atoms with Crippen LogP contribution in [0.15, 0.2) is 174 Å². The van der Waals surface area contributed by atoms with Gasteiger partial charge in [0.15, 0.2) is 17.5 Å². The van der Waals surface area contributed by atoms with E-state index in [1.165, 1.54) is 0 Å². The maximum absolute atomic E-state index is 7.00. The van der Waals surface area contributed by atoms with Crippen LogP contribution in [-0.4, -0.2) is 19.9 Å². The molecule has 0 saturated carbocycles. The number of benzene rings is 6. The van der Waals surface area contributed by atoms with Gasteiger partial charge in [0.25, 0.3) is 0 Å². The van der Waals surface area contributed by atoms with E-state index in [0.29, 0.717) is 17.5 Å². The monoisotopic (exact) mass is 628 g/mol. The number of hydrogen-bond donors (Lipinski definition) is 0. The van der Waals surface area contributed by atoms with E-state index in [2.05, 4.69) is 72.8 Å².